The largest absolute Gasteiger partial charge is 0.472 e. The number of amides is 1. The Kier molecular flexibility index (Phi) is 5.16. The lowest BCUT2D eigenvalue weighted by Gasteiger charge is -2.44. The third kappa shape index (κ3) is 3.73. The van der Waals surface area contributed by atoms with Gasteiger partial charge in [-0.15, -0.1) is 0 Å². The first-order valence-corrected chi connectivity index (χ1v) is 9.15. The second-order valence-electron chi connectivity index (χ2n) is 7.52. The summed E-state index contributed by atoms with van der Waals surface area (Å²) in [5.41, 5.74) is 3.25. The fourth-order valence-electron chi connectivity index (χ4n) is 3.50. The summed E-state index contributed by atoms with van der Waals surface area (Å²) >= 11 is 0. The quantitative estimate of drug-likeness (QED) is 0.828. The van der Waals surface area contributed by atoms with Crippen molar-refractivity contribution in [3.05, 3.63) is 54.0 Å². The Morgan fingerprint density at radius 3 is 2.60 bits per heavy atom. The van der Waals surface area contributed by atoms with Crippen LogP contribution in [0.2, 0.25) is 0 Å². The lowest BCUT2D eigenvalue weighted by molar-refractivity contribution is 0.0599. The van der Waals surface area contributed by atoms with E-state index < -0.39 is 0 Å². The van der Waals surface area contributed by atoms with Gasteiger partial charge in [-0.2, -0.15) is 0 Å². The fraction of sp³-hybridized carbons (Fsp3) is 0.476. The van der Waals surface area contributed by atoms with Crippen molar-refractivity contribution in [2.24, 2.45) is 5.92 Å². The molecule has 3 rings (SSSR count). The molecular weight excluding hydrogens is 312 g/mol. The van der Waals surface area contributed by atoms with E-state index in [1.807, 2.05) is 4.90 Å². The summed E-state index contributed by atoms with van der Waals surface area (Å²) in [5.74, 6) is 0.986. The third-order valence-corrected chi connectivity index (χ3v) is 5.12. The van der Waals surface area contributed by atoms with Crippen LogP contribution < -0.4 is 4.90 Å². The Hall–Kier alpha value is -2.23. The molecule has 4 heteroatoms. The third-order valence-electron chi connectivity index (χ3n) is 5.12. The molecule has 2 heterocycles. The van der Waals surface area contributed by atoms with Gasteiger partial charge in [0.2, 0.25) is 0 Å². The number of anilines is 1. The molecule has 0 aliphatic carbocycles. The Morgan fingerprint density at radius 2 is 1.96 bits per heavy atom. The zero-order valence-corrected chi connectivity index (χ0v) is 15.6. The first-order valence-electron chi connectivity index (χ1n) is 9.15. The van der Waals surface area contributed by atoms with E-state index in [1.165, 1.54) is 17.5 Å². The highest BCUT2D eigenvalue weighted by atomic mass is 16.3. The predicted octanol–water partition coefficient (Wildman–Crippen LogP) is 4.39. The molecule has 4 nitrogen and oxygen atoms in total. The molecule has 1 unspecified atom stereocenters. The SMILES string of the molecule is CC(C)c1cccc(N2CCN(C(=O)c3ccoc3)C(C(C)C)C2)c1. The normalized spacial score (nSPS) is 18.2. The van der Waals surface area contributed by atoms with Crippen LogP contribution in [0.25, 0.3) is 0 Å². The molecule has 1 saturated heterocycles. The average molecular weight is 340 g/mol. The molecule has 1 aromatic heterocycles. The predicted molar refractivity (Wildman–Crippen MR) is 101 cm³/mol. The smallest absolute Gasteiger partial charge is 0.257 e. The molecule has 0 radical (unpaired) electrons. The van der Waals surface area contributed by atoms with Crippen molar-refractivity contribution < 1.29 is 9.21 Å². The van der Waals surface area contributed by atoms with Crippen LogP contribution in [-0.2, 0) is 0 Å². The van der Waals surface area contributed by atoms with Crippen LogP contribution >= 0.6 is 0 Å². The van der Waals surface area contributed by atoms with Gasteiger partial charge in [0.1, 0.15) is 6.26 Å². The van der Waals surface area contributed by atoms with Gasteiger partial charge in [-0.1, -0.05) is 39.8 Å². The second-order valence-corrected chi connectivity index (χ2v) is 7.52. The van der Waals surface area contributed by atoms with E-state index in [2.05, 4.69) is 56.9 Å². The van der Waals surface area contributed by atoms with Crippen molar-refractivity contribution in [2.75, 3.05) is 24.5 Å². The van der Waals surface area contributed by atoms with Gasteiger partial charge in [-0.25, -0.2) is 0 Å². The zero-order chi connectivity index (χ0) is 18.0. The number of piperazine rings is 1. The van der Waals surface area contributed by atoms with E-state index in [4.69, 9.17) is 4.42 Å². The number of hydrogen-bond donors (Lipinski definition) is 0. The highest BCUT2D eigenvalue weighted by Gasteiger charge is 2.33. The van der Waals surface area contributed by atoms with Crippen LogP contribution in [0.3, 0.4) is 0 Å². The minimum atomic E-state index is 0.0723. The number of carbonyl (C=O) groups is 1. The minimum Gasteiger partial charge on any atom is -0.472 e. The molecule has 0 saturated carbocycles. The molecule has 1 amide bonds. The number of hydrogen-bond acceptors (Lipinski definition) is 3. The molecule has 1 fully saturated rings. The van der Waals surface area contributed by atoms with Gasteiger partial charge in [0.05, 0.1) is 17.9 Å². The summed E-state index contributed by atoms with van der Waals surface area (Å²) in [6.45, 7) is 11.3. The molecule has 2 aromatic rings. The summed E-state index contributed by atoms with van der Waals surface area (Å²) in [6, 6.07) is 10.7. The maximum atomic E-state index is 12.8. The summed E-state index contributed by atoms with van der Waals surface area (Å²) in [5, 5.41) is 0. The number of carbonyl (C=O) groups excluding carboxylic acids is 1. The van der Waals surface area contributed by atoms with Gasteiger partial charge >= 0.3 is 0 Å². The Labute approximate surface area is 150 Å². The molecule has 0 bridgehead atoms. The van der Waals surface area contributed by atoms with Gasteiger partial charge in [0.15, 0.2) is 0 Å². The first-order chi connectivity index (χ1) is 12.0. The lowest BCUT2D eigenvalue weighted by Crippen LogP contribution is -2.57. The summed E-state index contributed by atoms with van der Waals surface area (Å²) < 4.78 is 5.09. The van der Waals surface area contributed by atoms with Gasteiger partial charge in [-0.05, 0) is 35.6 Å². The van der Waals surface area contributed by atoms with Crippen molar-refractivity contribution in [2.45, 2.75) is 39.7 Å². The minimum absolute atomic E-state index is 0.0723. The lowest BCUT2D eigenvalue weighted by atomic mass is 9.97. The molecular formula is C21H28N2O2. The van der Waals surface area contributed by atoms with Crippen molar-refractivity contribution >= 4 is 11.6 Å². The van der Waals surface area contributed by atoms with Crippen LogP contribution in [0, 0.1) is 5.92 Å². The van der Waals surface area contributed by atoms with Crippen molar-refractivity contribution in [3.63, 3.8) is 0 Å². The Morgan fingerprint density at radius 1 is 1.16 bits per heavy atom. The standard InChI is InChI=1S/C21H28N2O2/c1-15(2)17-6-5-7-19(12-17)22-9-10-23(20(13-22)16(3)4)21(24)18-8-11-25-14-18/h5-8,11-12,14-16,20H,9-10,13H2,1-4H3. The Bertz CT molecular complexity index is 706. The van der Waals surface area contributed by atoms with E-state index in [0.717, 1.165) is 19.6 Å². The molecule has 1 aliphatic heterocycles. The van der Waals surface area contributed by atoms with Crippen molar-refractivity contribution in [1.82, 2.24) is 4.90 Å². The zero-order valence-electron chi connectivity index (χ0n) is 15.6. The van der Waals surface area contributed by atoms with E-state index >= 15 is 0 Å². The molecule has 25 heavy (non-hydrogen) atoms. The Balaban J connectivity index is 1.80. The molecule has 1 aromatic carbocycles. The highest BCUT2D eigenvalue weighted by Crippen LogP contribution is 2.27. The van der Waals surface area contributed by atoms with Gasteiger partial charge < -0.3 is 14.2 Å². The van der Waals surface area contributed by atoms with E-state index in [-0.39, 0.29) is 11.9 Å². The maximum absolute atomic E-state index is 12.8. The van der Waals surface area contributed by atoms with E-state index in [0.29, 0.717) is 17.4 Å². The molecule has 1 atom stereocenters. The van der Waals surface area contributed by atoms with Crippen LogP contribution in [0.15, 0.2) is 47.3 Å². The van der Waals surface area contributed by atoms with Crippen molar-refractivity contribution in [3.8, 4) is 0 Å². The van der Waals surface area contributed by atoms with E-state index in [9.17, 15) is 4.79 Å². The summed E-state index contributed by atoms with van der Waals surface area (Å²) in [6.07, 6.45) is 3.10. The number of rotatable bonds is 4. The monoisotopic (exact) mass is 340 g/mol. The average Bonchev–Trinajstić information content (AvgIpc) is 3.15. The second kappa shape index (κ2) is 7.34. The van der Waals surface area contributed by atoms with Crippen LogP contribution in [-0.4, -0.2) is 36.5 Å². The first kappa shape index (κ1) is 17.6. The van der Waals surface area contributed by atoms with Crippen molar-refractivity contribution in [1.29, 1.82) is 0 Å². The highest BCUT2D eigenvalue weighted by molar-refractivity contribution is 5.94. The van der Waals surface area contributed by atoms with Crippen LogP contribution in [0.4, 0.5) is 5.69 Å². The van der Waals surface area contributed by atoms with Gasteiger partial charge in [0, 0.05) is 25.3 Å². The number of nitrogens with zero attached hydrogens (tertiary/aromatic N) is 2. The molecule has 1 aliphatic rings. The molecule has 0 N–H and O–H groups in total. The van der Waals surface area contributed by atoms with Crippen LogP contribution in [0.1, 0.15) is 49.5 Å². The summed E-state index contributed by atoms with van der Waals surface area (Å²) in [4.78, 5) is 17.2. The maximum Gasteiger partial charge on any atom is 0.257 e. The van der Waals surface area contributed by atoms with Crippen LogP contribution in [0.5, 0.6) is 0 Å². The van der Waals surface area contributed by atoms with E-state index in [1.54, 1.807) is 12.3 Å². The number of benzene rings is 1. The number of furan rings is 1. The summed E-state index contributed by atoms with van der Waals surface area (Å²) in [7, 11) is 0. The van der Waals surface area contributed by atoms with Gasteiger partial charge in [0.25, 0.3) is 5.91 Å². The topological polar surface area (TPSA) is 36.7 Å². The molecule has 0 spiro atoms. The molecule has 134 valence electrons. The fourth-order valence-corrected chi connectivity index (χ4v) is 3.50. The van der Waals surface area contributed by atoms with Gasteiger partial charge in [-0.3, -0.25) is 4.79 Å².